The standard InChI is InChI=1S/C13H17ClF3N/c1-9-5-6-10(8-11(9)14)12(18-2)4-3-7-13(15,16)17/h5-6,8,12,18H,3-4,7H2,1-2H3. The number of aryl methyl sites for hydroxylation is 1. The van der Waals surface area contributed by atoms with Crippen LogP contribution < -0.4 is 5.32 Å². The zero-order valence-corrected chi connectivity index (χ0v) is 11.2. The molecule has 0 bridgehead atoms. The number of nitrogens with one attached hydrogen (secondary N) is 1. The van der Waals surface area contributed by atoms with Gasteiger partial charge in [-0.05, 0) is 44.0 Å². The molecule has 0 aromatic heterocycles. The first kappa shape index (κ1) is 15.3. The molecule has 0 saturated heterocycles. The van der Waals surface area contributed by atoms with Crippen molar-refractivity contribution in [3.63, 3.8) is 0 Å². The second-order valence-corrected chi connectivity index (χ2v) is 4.76. The van der Waals surface area contributed by atoms with Crippen LogP contribution in [0, 0.1) is 6.92 Å². The molecule has 0 saturated carbocycles. The zero-order chi connectivity index (χ0) is 13.8. The molecular formula is C13H17ClF3N. The van der Waals surface area contributed by atoms with Gasteiger partial charge in [-0.15, -0.1) is 0 Å². The van der Waals surface area contributed by atoms with Crippen LogP contribution in [0.2, 0.25) is 5.02 Å². The van der Waals surface area contributed by atoms with E-state index in [1.807, 2.05) is 25.1 Å². The van der Waals surface area contributed by atoms with Gasteiger partial charge in [-0.25, -0.2) is 0 Å². The Kier molecular flexibility index (Phi) is 5.47. The van der Waals surface area contributed by atoms with Crippen molar-refractivity contribution >= 4 is 11.6 Å². The van der Waals surface area contributed by atoms with Gasteiger partial charge in [0, 0.05) is 17.5 Å². The van der Waals surface area contributed by atoms with E-state index in [4.69, 9.17) is 11.6 Å². The molecule has 0 amide bonds. The lowest BCUT2D eigenvalue weighted by atomic mass is 10.00. The predicted molar refractivity (Wildman–Crippen MR) is 67.9 cm³/mol. The van der Waals surface area contributed by atoms with Crippen molar-refractivity contribution in [2.45, 2.75) is 38.4 Å². The first-order valence-corrected chi connectivity index (χ1v) is 6.21. The average molecular weight is 280 g/mol. The highest BCUT2D eigenvalue weighted by atomic mass is 35.5. The van der Waals surface area contributed by atoms with Crippen LogP contribution in [0.25, 0.3) is 0 Å². The topological polar surface area (TPSA) is 12.0 Å². The number of benzene rings is 1. The Hall–Kier alpha value is -0.740. The van der Waals surface area contributed by atoms with Gasteiger partial charge >= 0.3 is 6.18 Å². The van der Waals surface area contributed by atoms with Crippen LogP contribution >= 0.6 is 11.6 Å². The molecular weight excluding hydrogens is 263 g/mol. The van der Waals surface area contributed by atoms with Crippen molar-refractivity contribution in [2.75, 3.05) is 7.05 Å². The molecule has 1 aromatic carbocycles. The van der Waals surface area contributed by atoms with Crippen LogP contribution in [0.5, 0.6) is 0 Å². The third kappa shape index (κ3) is 4.86. The molecule has 0 aliphatic carbocycles. The highest BCUT2D eigenvalue weighted by Crippen LogP contribution is 2.28. The third-order valence-electron chi connectivity index (χ3n) is 2.90. The predicted octanol–water partition coefficient (Wildman–Crippen LogP) is 4.64. The van der Waals surface area contributed by atoms with Crippen molar-refractivity contribution in [3.05, 3.63) is 34.3 Å². The van der Waals surface area contributed by atoms with Gasteiger partial charge in [0.1, 0.15) is 0 Å². The van der Waals surface area contributed by atoms with Gasteiger partial charge in [-0.3, -0.25) is 0 Å². The lowest BCUT2D eigenvalue weighted by Crippen LogP contribution is -2.17. The first-order valence-electron chi connectivity index (χ1n) is 5.83. The van der Waals surface area contributed by atoms with E-state index in [1.165, 1.54) is 0 Å². The highest BCUT2D eigenvalue weighted by molar-refractivity contribution is 6.31. The van der Waals surface area contributed by atoms with E-state index in [9.17, 15) is 13.2 Å². The van der Waals surface area contributed by atoms with E-state index in [0.717, 1.165) is 11.1 Å². The second-order valence-electron chi connectivity index (χ2n) is 4.36. The fraction of sp³-hybridized carbons (Fsp3) is 0.538. The van der Waals surface area contributed by atoms with E-state index in [1.54, 1.807) is 7.05 Å². The molecule has 0 fully saturated rings. The fourth-order valence-corrected chi connectivity index (χ4v) is 2.00. The van der Waals surface area contributed by atoms with Crippen molar-refractivity contribution in [2.24, 2.45) is 0 Å². The number of hydrogen-bond acceptors (Lipinski definition) is 1. The van der Waals surface area contributed by atoms with Crippen molar-refractivity contribution in [1.82, 2.24) is 5.32 Å². The molecule has 1 aromatic rings. The molecule has 1 N–H and O–H groups in total. The lowest BCUT2D eigenvalue weighted by molar-refractivity contribution is -0.135. The van der Waals surface area contributed by atoms with Gasteiger partial charge in [0.15, 0.2) is 0 Å². The third-order valence-corrected chi connectivity index (χ3v) is 3.31. The Morgan fingerprint density at radius 2 is 2.00 bits per heavy atom. The minimum atomic E-state index is -4.08. The maximum absolute atomic E-state index is 12.1. The molecule has 0 heterocycles. The largest absolute Gasteiger partial charge is 0.389 e. The van der Waals surface area contributed by atoms with E-state index in [2.05, 4.69) is 5.32 Å². The van der Waals surface area contributed by atoms with Gasteiger partial charge in [0.25, 0.3) is 0 Å². The Morgan fingerprint density at radius 3 is 2.50 bits per heavy atom. The van der Waals surface area contributed by atoms with Crippen LogP contribution in [-0.2, 0) is 0 Å². The molecule has 1 rings (SSSR count). The maximum Gasteiger partial charge on any atom is 0.389 e. The van der Waals surface area contributed by atoms with Crippen LogP contribution in [0.3, 0.4) is 0 Å². The minimum absolute atomic E-state index is 0.0922. The monoisotopic (exact) mass is 279 g/mol. The summed E-state index contributed by atoms with van der Waals surface area (Å²) in [6.45, 7) is 1.89. The van der Waals surface area contributed by atoms with Crippen molar-refractivity contribution in [3.8, 4) is 0 Å². The Morgan fingerprint density at radius 1 is 1.33 bits per heavy atom. The molecule has 102 valence electrons. The van der Waals surface area contributed by atoms with Gasteiger partial charge in [-0.2, -0.15) is 13.2 Å². The van der Waals surface area contributed by atoms with Crippen LogP contribution in [0.4, 0.5) is 13.2 Å². The highest BCUT2D eigenvalue weighted by Gasteiger charge is 2.26. The van der Waals surface area contributed by atoms with Crippen LogP contribution in [0.1, 0.15) is 36.4 Å². The van der Waals surface area contributed by atoms with Gasteiger partial charge in [0.2, 0.25) is 0 Å². The molecule has 5 heteroatoms. The van der Waals surface area contributed by atoms with Crippen LogP contribution in [0.15, 0.2) is 18.2 Å². The van der Waals surface area contributed by atoms with Gasteiger partial charge in [0.05, 0.1) is 0 Å². The summed E-state index contributed by atoms with van der Waals surface area (Å²) in [6.07, 6.45) is -4.27. The molecule has 1 atom stereocenters. The second kappa shape index (κ2) is 6.43. The van der Waals surface area contributed by atoms with E-state index < -0.39 is 12.6 Å². The summed E-state index contributed by atoms with van der Waals surface area (Å²) in [5, 5.41) is 3.67. The average Bonchev–Trinajstić information content (AvgIpc) is 2.27. The number of alkyl halides is 3. The SMILES string of the molecule is CNC(CCCC(F)(F)F)c1ccc(C)c(Cl)c1. The van der Waals surface area contributed by atoms with E-state index in [-0.39, 0.29) is 12.5 Å². The van der Waals surface area contributed by atoms with Gasteiger partial charge in [-0.1, -0.05) is 23.7 Å². The number of rotatable bonds is 5. The smallest absolute Gasteiger partial charge is 0.313 e. The molecule has 0 radical (unpaired) electrons. The normalized spacial score (nSPS) is 13.7. The maximum atomic E-state index is 12.1. The van der Waals surface area contributed by atoms with E-state index in [0.29, 0.717) is 11.4 Å². The lowest BCUT2D eigenvalue weighted by Gasteiger charge is -2.18. The summed E-state index contributed by atoms with van der Waals surface area (Å²) >= 11 is 6.01. The number of halogens is 4. The molecule has 0 aliphatic rings. The summed E-state index contributed by atoms with van der Waals surface area (Å²) in [5.74, 6) is 0. The quantitative estimate of drug-likeness (QED) is 0.828. The molecule has 0 aliphatic heterocycles. The van der Waals surface area contributed by atoms with Crippen molar-refractivity contribution in [1.29, 1.82) is 0 Å². The molecule has 1 nitrogen and oxygen atoms in total. The summed E-state index contributed by atoms with van der Waals surface area (Å²) in [4.78, 5) is 0. The van der Waals surface area contributed by atoms with E-state index >= 15 is 0 Å². The Labute approximate surface area is 110 Å². The van der Waals surface area contributed by atoms with Gasteiger partial charge < -0.3 is 5.32 Å². The Balaban J connectivity index is 2.63. The minimum Gasteiger partial charge on any atom is -0.313 e. The summed E-state index contributed by atoms with van der Waals surface area (Å²) in [5.41, 5.74) is 1.89. The molecule has 18 heavy (non-hydrogen) atoms. The summed E-state index contributed by atoms with van der Waals surface area (Å²) in [6, 6.07) is 5.50. The molecule has 0 spiro atoms. The Bertz CT molecular complexity index is 390. The summed E-state index contributed by atoms with van der Waals surface area (Å²) < 4.78 is 36.3. The first-order chi connectivity index (χ1) is 8.33. The fourth-order valence-electron chi connectivity index (χ4n) is 1.81. The number of hydrogen-bond donors (Lipinski definition) is 1. The zero-order valence-electron chi connectivity index (χ0n) is 10.4. The molecule has 1 unspecified atom stereocenters. The van der Waals surface area contributed by atoms with Crippen molar-refractivity contribution < 1.29 is 13.2 Å². The summed E-state index contributed by atoms with van der Waals surface area (Å²) in [7, 11) is 1.74. The van der Waals surface area contributed by atoms with Crippen LogP contribution in [-0.4, -0.2) is 13.2 Å².